The number of aromatic nitrogens is 3. The molecule has 1 amide bonds. The summed E-state index contributed by atoms with van der Waals surface area (Å²) in [7, 11) is 0. The van der Waals surface area contributed by atoms with Crippen LogP contribution in [-0.2, 0) is 11.3 Å². The van der Waals surface area contributed by atoms with Gasteiger partial charge < -0.3 is 10.1 Å². The first-order chi connectivity index (χ1) is 13.2. The lowest BCUT2D eigenvalue weighted by atomic mass is 10.0. The van der Waals surface area contributed by atoms with Gasteiger partial charge in [-0.25, -0.2) is 14.1 Å². The minimum Gasteiger partial charge on any atom is -0.477 e. The summed E-state index contributed by atoms with van der Waals surface area (Å²) >= 11 is 0. The van der Waals surface area contributed by atoms with E-state index in [0.717, 1.165) is 29.7 Å². The third-order valence-corrected chi connectivity index (χ3v) is 4.41. The molecule has 0 radical (unpaired) electrons. The number of nitrogens with one attached hydrogen (secondary N) is 1. The van der Waals surface area contributed by atoms with Crippen molar-refractivity contribution in [2.45, 2.75) is 26.3 Å². The van der Waals surface area contributed by atoms with Crippen LogP contribution in [0.5, 0.6) is 5.88 Å². The van der Waals surface area contributed by atoms with Crippen LogP contribution < -0.4 is 10.1 Å². The number of rotatable bonds is 4. The molecule has 27 heavy (non-hydrogen) atoms. The molecule has 0 saturated heterocycles. The van der Waals surface area contributed by atoms with E-state index in [-0.39, 0.29) is 11.7 Å². The number of benzene rings is 1. The van der Waals surface area contributed by atoms with Crippen molar-refractivity contribution in [2.24, 2.45) is 0 Å². The van der Waals surface area contributed by atoms with Gasteiger partial charge >= 0.3 is 0 Å². The molecule has 0 unspecified atom stereocenters. The molecular weight excluding hydrogens is 347 g/mol. The second-order valence-electron chi connectivity index (χ2n) is 6.29. The second kappa shape index (κ2) is 7.19. The minimum atomic E-state index is -0.297. The Morgan fingerprint density at radius 2 is 2.07 bits per heavy atom. The van der Waals surface area contributed by atoms with Gasteiger partial charge in [-0.05, 0) is 42.0 Å². The van der Waals surface area contributed by atoms with Gasteiger partial charge in [0.05, 0.1) is 12.2 Å². The van der Waals surface area contributed by atoms with Crippen molar-refractivity contribution in [2.75, 3.05) is 11.9 Å². The molecule has 0 saturated carbocycles. The fourth-order valence-electron chi connectivity index (χ4n) is 3.08. The summed E-state index contributed by atoms with van der Waals surface area (Å²) in [6, 6.07) is 9.89. The van der Waals surface area contributed by atoms with Crippen molar-refractivity contribution in [3.63, 3.8) is 0 Å². The van der Waals surface area contributed by atoms with E-state index in [4.69, 9.17) is 9.84 Å². The van der Waals surface area contributed by atoms with E-state index in [2.05, 4.69) is 10.3 Å². The van der Waals surface area contributed by atoms with E-state index in [1.54, 1.807) is 31.3 Å². The summed E-state index contributed by atoms with van der Waals surface area (Å²) in [5.41, 5.74) is 3.16. The molecule has 2 aromatic heterocycles. The minimum absolute atomic E-state index is 0.105. The maximum Gasteiger partial charge on any atom is 0.225 e. The van der Waals surface area contributed by atoms with Crippen LogP contribution >= 0.6 is 0 Å². The number of ether oxygens (including phenoxy) is 1. The van der Waals surface area contributed by atoms with Gasteiger partial charge in [-0.3, -0.25) is 4.79 Å². The van der Waals surface area contributed by atoms with Gasteiger partial charge in [0.2, 0.25) is 11.8 Å². The molecule has 3 heterocycles. The number of nitrogens with zero attached hydrogens (tertiary/aromatic N) is 3. The van der Waals surface area contributed by atoms with Gasteiger partial charge in [0.25, 0.3) is 0 Å². The van der Waals surface area contributed by atoms with Crippen LogP contribution in [0.1, 0.15) is 19.8 Å². The number of pyridine rings is 1. The van der Waals surface area contributed by atoms with E-state index < -0.39 is 0 Å². The molecule has 4 rings (SSSR count). The number of hydrogen-bond acceptors (Lipinski definition) is 4. The average Bonchev–Trinajstić information content (AvgIpc) is 3.08. The highest BCUT2D eigenvalue weighted by Crippen LogP contribution is 2.41. The lowest BCUT2D eigenvalue weighted by Gasteiger charge is -2.16. The van der Waals surface area contributed by atoms with E-state index in [0.29, 0.717) is 30.4 Å². The van der Waals surface area contributed by atoms with Crippen LogP contribution in [0.2, 0.25) is 0 Å². The molecule has 0 atom stereocenters. The number of carbonyl (C=O) groups is 1. The number of aryl methyl sites for hydroxylation is 1. The predicted octanol–water partition coefficient (Wildman–Crippen LogP) is 3.88. The Kier molecular flexibility index (Phi) is 4.58. The molecular formula is C20H19FN4O2. The zero-order valence-electron chi connectivity index (χ0n) is 14.9. The highest BCUT2D eigenvalue weighted by Gasteiger charge is 2.24. The summed E-state index contributed by atoms with van der Waals surface area (Å²) in [5, 5.41) is 7.47. The number of halogens is 1. The third kappa shape index (κ3) is 3.40. The first-order valence-corrected chi connectivity index (χ1v) is 8.91. The molecule has 138 valence electrons. The van der Waals surface area contributed by atoms with Crippen molar-refractivity contribution in [1.29, 1.82) is 0 Å². The molecule has 0 fully saturated rings. The van der Waals surface area contributed by atoms with E-state index >= 15 is 0 Å². The Balaban J connectivity index is 1.84. The predicted molar refractivity (Wildman–Crippen MR) is 99.9 cm³/mol. The highest BCUT2D eigenvalue weighted by atomic mass is 19.1. The molecule has 1 aromatic carbocycles. The van der Waals surface area contributed by atoms with Crippen molar-refractivity contribution >= 4 is 11.7 Å². The monoisotopic (exact) mass is 366 g/mol. The van der Waals surface area contributed by atoms with Crippen LogP contribution in [0, 0.1) is 5.82 Å². The quantitative estimate of drug-likeness (QED) is 0.761. The Labute approximate surface area is 156 Å². The highest BCUT2D eigenvalue weighted by molar-refractivity contribution is 5.91. The van der Waals surface area contributed by atoms with Crippen LogP contribution in [0.3, 0.4) is 0 Å². The van der Waals surface area contributed by atoms with Crippen molar-refractivity contribution in [3.8, 4) is 28.3 Å². The standard InChI is InChI=1S/C20H19FN4O2/c1-2-17(26)23-16-12-14(8-9-22-16)18-19(13-4-6-15(21)7-5-13)24-25-10-3-11-27-20(18)25/h4-9,12H,2-3,10-11H2,1H3,(H,22,23,26). The molecule has 7 heteroatoms. The van der Waals surface area contributed by atoms with Gasteiger partial charge in [-0.2, -0.15) is 5.10 Å². The Morgan fingerprint density at radius 1 is 1.26 bits per heavy atom. The maximum atomic E-state index is 13.4. The molecule has 1 N–H and O–H groups in total. The average molecular weight is 366 g/mol. The van der Waals surface area contributed by atoms with Crippen molar-refractivity contribution in [1.82, 2.24) is 14.8 Å². The molecule has 1 aliphatic heterocycles. The molecule has 6 nitrogen and oxygen atoms in total. The molecule has 0 aliphatic carbocycles. The van der Waals surface area contributed by atoms with Crippen LogP contribution in [0.4, 0.5) is 10.2 Å². The molecule has 1 aliphatic rings. The summed E-state index contributed by atoms with van der Waals surface area (Å²) < 4.78 is 21.1. The number of fused-ring (bicyclic) bond motifs is 1. The summed E-state index contributed by atoms with van der Waals surface area (Å²) in [4.78, 5) is 15.9. The lowest BCUT2D eigenvalue weighted by molar-refractivity contribution is -0.115. The molecule has 3 aromatic rings. The van der Waals surface area contributed by atoms with Gasteiger partial charge in [-0.1, -0.05) is 6.92 Å². The fraction of sp³-hybridized carbons (Fsp3) is 0.250. The first kappa shape index (κ1) is 17.2. The number of anilines is 1. The Bertz CT molecular complexity index is 982. The topological polar surface area (TPSA) is 69.0 Å². The number of carbonyl (C=O) groups excluding carboxylic acids is 1. The van der Waals surface area contributed by atoms with Gasteiger partial charge in [-0.15, -0.1) is 0 Å². The Morgan fingerprint density at radius 3 is 2.85 bits per heavy atom. The summed E-state index contributed by atoms with van der Waals surface area (Å²) in [6.45, 7) is 3.16. The zero-order chi connectivity index (χ0) is 18.8. The molecule has 0 spiro atoms. The summed E-state index contributed by atoms with van der Waals surface area (Å²) in [6.07, 6.45) is 2.89. The van der Waals surface area contributed by atoms with Gasteiger partial charge in [0.15, 0.2) is 0 Å². The maximum absolute atomic E-state index is 13.4. The Hall–Kier alpha value is -3.22. The van der Waals surface area contributed by atoms with Gasteiger partial charge in [0, 0.05) is 31.1 Å². The number of hydrogen-bond donors (Lipinski definition) is 1. The second-order valence-corrected chi connectivity index (χ2v) is 6.29. The smallest absolute Gasteiger partial charge is 0.225 e. The fourth-order valence-corrected chi connectivity index (χ4v) is 3.08. The van der Waals surface area contributed by atoms with E-state index in [1.165, 1.54) is 12.1 Å². The number of amides is 1. The van der Waals surface area contributed by atoms with E-state index in [1.807, 2.05) is 10.7 Å². The van der Waals surface area contributed by atoms with Crippen LogP contribution in [-0.4, -0.2) is 27.3 Å². The van der Waals surface area contributed by atoms with Crippen molar-refractivity contribution in [3.05, 3.63) is 48.4 Å². The van der Waals surface area contributed by atoms with Gasteiger partial charge in [0.1, 0.15) is 17.3 Å². The SMILES string of the molecule is CCC(=O)Nc1cc(-c2c(-c3ccc(F)cc3)nn3c2OCCC3)ccn1. The van der Waals surface area contributed by atoms with Crippen LogP contribution in [0.15, 0.2) is 42.6 Å². The van der Waals surface area contributed by atoms with E-state index in [9.17, 15) is 9.18 Å². The third-order valence-electron chi connectivity index (χ3n) is 4.41. The zero-order valence-corrected chi connectivity index (χ0v) is 14.9. The normalized spacial score (nSPS) is 13.0. The summed E-state index contributed by atoms with van der Waals surface area (Å²) in [5.74, 6) is 0.750. The lowest BCUT2D eigenvalue weighted by Crippen LogP contribution is -2.15. The molecule has 0 bridgehead atoms. The van der Waals surface area contributed by atoms with Crippen molar-refractivity contribution < 1.29 is 13.9 Å². The first-order valence-electron chi connectivity index (χ1n) is 8.91. The largest absolute Gasteiger partial charge is 0.477 e. The van der Waals surface area contributed by atoms with Crippen LogP contribution in [0.25, 0.3) is 22.4 Å².